The molecule has 0 bridgehead atoms. The zero-order valence-corrected chi connectivity index (χ0v) is 10.3. The molecule has 0 saturated carbocycles. The van der Waals surface area contributed by atoms with E-state index in [1.54, 1.807) is 18.3 Å². The molecule has 2 aromatic rings. The van der Waals surface area contributed by atoms with Crippen LogP contribution in [-0.2, 0) is 0 Å². The van der Waals surface area contributed by atoms with Crippen LogP contribution in [0.1, 0.15) is 12.0 Å². The topological polar surface area (TPSA) is 63.7 Å². The minimum Gasteiger partial charge on any atom is -0.325 e. The van der Waals surface area contributed by atoms with E-state index in [0.717, 1.165) is 5.69 Å². The molecular weight excluding hydrogens is 236 g/mol. The highest BCUT2D eigenvalue weighted by Crippen LogP contribution is 2.23. The van der Waals surface area contributed by atoms with Gasteiger partial charge in [0, 0.05) is 18.4 Å². The summed E-state index contributed by atoms with van der Waals surface area (Å²) in [4.78, 5) is 6.22. The van der Waals surface area contributed by atoms with Gasteiger partial charge in [0.25, 0.3) is 0 Å². The van der Waals surface area contributed by atoms with E-state index in [-0.39, 0.29) is 0 Å². The van der Waals surface area contributed by atoms with Gasteiger partial charge in [-0.25, -0.2) is 4.98 Å². The number of hydrogen-bond acceptors (Lipinski definition) is 4. The minimum absolute atomic E-state index is 0.396. The average molecular weight is 248 g/mol. The Bertz CT molecular complexity index is 623. The summed E-state index contributed by atoms with van der Waals surface area (Å²) in [7, 11) is 0. The number of para-hydroxylation sites is 1. The summed E-state index contributed by atoms with van der Waals surface area (Å²) < 4.78 is 0. The summed E-state index contributed by atoms with van der Waals surface area (Å²) in [6, 6.07) is 17.3. The van der Waals surface area contributed by atoms with Crippen molar-refractivity contribution in [3.05, 3.63) is 54.2 Å². The summed E-state index contributed by atoms with van der Waals surface area (Å²) in [6.07, 6.45) is 2.00. The second-order valence-electron chi connectivity index (χ2n) is 3.91. The number of hydrogen-bond donors (Lipinski definition) is 0. The van der Waals surface area contributed by atoms with E-state index < -0.39 is 0 Å². The van der Waals surface area contributed by atoms with Gasteiger partial charge in [-0.2, -0.15) is 10.5 Å². The first-order chi connectivity index (χ1) is 9.35. The lowest BCUT2D eigenvalue weighted by atomic mass is 10.2. The summed E-state index contributed by atoms with van der Waals surface area (Å²) >= 11 is 0. The average Bonchev–Trinajstić information content (AvgIpc) is 2.49. The molecule has 0 atom stereocenters. The van der Waals surface area contributed by atoms with E-state index in [1.807, 2.05) is 35.2 Å². The molecule has 4 nitrogen and oxygen atoms in total. The van der Waals surface area contributed by atoms with E-state index in [0.29, 0.717) is 24.3 Å². The fraction of sp³-hybridized carbons (Fsp3) is 0.133. The summed E-state index contributed by atoms with van der Waals surface area (Å²) in [5.41, 5.74) is 1.52. The Hall–Kier alpha value is -2.85. The van der Waals surface area contributed by atoms with Gasteiger partial charge in [0.1, 0.15) is 5.82 Å². The Labute approximate surface area is 112 Å². The molecule has 0 aliphatic rings. The maximum atomic E-state index is 8.94. The van der Waals surface area contributed by atoms with Gasteiger partial charge in [-0.05, 0) is 24.3 Å². The van der Waals surface area contributed by atoms with E-state index in [9.17, 15) is 0 Å². The molecule has 0 unspecified atom stereocenters. The third-order valence-corrected chi connectivity index (χ3v) is 2.67. The highest BCUT2D eigenvalue weighted by atomic mass is 15.2. The Morgan fingerprint density at radius 1 is 1.11 bits per heavy atom. The van der Waals surface area contributed by atoms with Gasteiger partial charge in [-0.3, -0.25) is 0 Å². The van der Waals surface area contributed by atoms with Crippen LogP contribution in [-0.4, -0.2) is 11.5 Å². The van der Waals surface area contributed by atoms with Gasteiger partial charge in [0.2, 0.25) is 0 Å². The van der Waals surface area contributed by atoms with Crippen molar-refractivity contribution in [1.29, 1.82) is 10.5 Å². The lowest BCUT2D eigenvalue weighted by molar-refractivity contribution is 0.926. The van der Waals surface area contributed by atoms with Crippen LogP contribution in [0.25, 0.3) is 0 Å². The molecule has 0 saturated heterocycles. The quantitative estimate of drug-likeness (QED) is 0.834. The molecule has 1 aromatic carbocycles. The Morgan fingerprint density at radius 2 is 1.89 bits per heavy atom. The van der Waals surface area contributed by atoms with Crippen LogP contribution in [0.2, 0.25) is 0 Å². The van der Waals surface area contributed by atoms with Gasteiger partial charge in [0.05, 0.1) is 24.1 Å². The highest BCUT2D eigenvalue weighted by molar-refractivity contribution is 5.61. The van der Waals surface area contributed by atoms with Gasteiger partial charge in [-0.15, -0.1) is 0 Å². The second kappa shape index (κ2) is 6.18. The molecule has 0 spiro atoms. The summed E-state index contributed by atoms with van der Waals surface area (Å²) in [5.74, 6) is 0.681. The highest BCUT2D eigenvalue weighted by Gasteiger charge is 2.10. The molecule has 0 fully saturated rings. The smallest absolute Gasteiger partial charge is 0.134 e. The second-order valence-corrected chi connectivity index (χ2v) is 3.91. The van der Waals surface area contributed by atoms with Crippen LogP contribution in [0.5, 0.6) is 0 Å². The first-order valence-electron chi connectivity index (χ1n) is 5.91. The van der Waals surface area contributed by atoms with Crippen LogP contribution in [0.4, 0.5) is 11.5 Å². The molecule has 4 heteroatoms. The van der Waals surface area contributed by atoms with E-state index >= 15 is 0 Å². The summed E-state index contributed by atoms with van der Waals surface area (Å²) in [6.45, 7) is 0.544. The monoisotopic (exact) mass is 248 g/mol. The maximum Gasteiger partial charge on any atom is 0.134 e. The van der Waals surface area contributed by atoms with Crippen LogP contribution >= 0.6 is 0 Å². The number of rotatable bonds is 4. The predicted octanol–water partition coefficient (Wildman–Crippen LogP) is 3.01. The van der Waals surface area contributed by atoms with Gasteiger partial charge < -0.3 is 4.90 Å². The van der Waals surface area contributed by atoms with Gasteiger partial charge >= 0.3 is 0 Å². The largest absolute Gasteiger partial charge is 0.325 e. The number of nitrogens with zero attached hydrogens (tertiary/aromatic N) is 4. The predicted molar refractivity (Wildman–Crippen MR) is 72.6 cm³/mol. The lowest BCUT2D eigenvalue weighted by Gasteiger charge is -2.22. The number of aromatic nitrogens is 1. The number of benzene rings is 1. The zero-order valence-electron chi connectivity index (χ0n) is 10.3. The maximum absolute atomic E-state index is 8.94. The van der Waals surface area contributed by atoms with E-state index in [2.05, 4.69) is 17.1 Å². The molecule has 2 rings (SSSR count). The van der Waals surface area contributed by atoms with E-state index in [1.165, 1.54) is 0 Å². The first-order valence-corrected chi connectivity index (χ1v) is 5.91. The SMILES string of the molecule is N#CCCN(c1ccccc1)c1cc(C#N)ccn1. The third-order valence-electron chi connectivity index (χ3n) is 2.67. The molecule has 92 valence electrons. The van der Waals surface area contributed by atoms with Crippen LogP contribution in [0, 0.1) is 22.7 Å². The molecule has 1 heterocycles. The molecule has 0 amide bonds. The normalized spacial score (nSPS) is 9.37. The Morgan fingerprint density at radius 3 is 2.58 bits per heavy atom. The molecular formula is C15H12N4. The molecule has 0 aliphatic carbocycles. The van der Waals surface area contributed by atoms with Crippen LogP contribution in [0.15, 0.2) is 48.7 Å². The van der Waals surface area contributed by atoms with Crippen molar-refractivity contribution in [3.63, 3.8) is 0 Å². The van der Waals surface area contributed by atoms with Gasteiger partial charge in [-0.1, -0.05) is 18.2 Å². The minimum atomic E-state index is 0.396. The van der Waals surface area contributed by atoms with Crippen molar-refractivity contribution in [2.45, 2.75) is 6.42 Å². The first kappa shape index (κ1) is 12.6. The molecule has 19 heavy (non-hydrogen) atoms. The van der Waals surface area contributed by atoms with E-state index in [4.69, 9.17) is 10.5 Å². The van der Waals surface area contributed by atoms with Crippen molar-refractivity contribution in [1.82, 2.24) is 4.98 Å². The van der Waals surface area contributed by atoms with Gasteiger partial charge in [0.15, 0.2) is 0 Å². The van der Waals surface area contributed by atoms with Crippen molar-refractivity contribution < 1.29 is 0 Å². The van der Waals surface area contributed by atoms with Crippen molar-refractivity contribution in [3.8, 4) is 12.1 Å². The number of anilines is 2. The van der Waals surface area contributed by atoms with Crippen molar-refractivity contribution >= 4 is 11.5 Å². The molecule has 0 radical (unpaired) electrons. The van der Waals surface area contributed by atoms with Crippen molar-refractivity contribution in [2.75, 3.05) is 11.4 Å². The molecule has 1 aromatic heterocycles. The Balaban J connectivity index is 2.38. The molecule has 0 aliphatic heterocycles. The van der Waals surface area contributed by atoms with Crippen LogP contribution in [0.3, 0.4) is 0 Å². The number of nitriles is 2. The Kier molecular flexibility index (Phi) is 4.10. The molecule has 0 N–H and O–H groups in total. The third kappa shape index (κ3) is 3.08. The van der Waals surface area contributed by atoms with Crippen LogP contribution < -0.4 is 4.90 Å². The fourth-order valence-electron chi connectivity index (χ4n) is 1.78. The lowest BCUT2D eigenvalue weighted by Crippen LogP contribution is -2.19. The van der Waals surface area contributed by atoms with Crippen molar-refractivity contribution in [2.24, 2.45) is 0 Å². The fourth-order valence-corrected chi connectivity index (χ4v) is 1.78. The summed E-state index contributed by atoms with van der Waals surface area (Å²) in [5, 5.41) is 17.7. The zero-order chi connectivity index (χ0) is 13.5. The number of pyridine rings is 1. The standard InChI is InChI=1S/C15H12N4/c16-8-4-10-19(14-5-2-1-3-6-14)15-11-13(12-17)7-9-18-15/h1-3,5-7,9,11H,4,10H2.